The minimum atomic E-state index is 0.364. The van der Waals surface area contributed by atoms with Crippen LogP contribution in [0.5, 0.6) is 0 Å². The maximum atomic E-state index is 3.82. The Labute approximate surface area is 96.2 Å². The van der Waals surface area contributed by atoms with E-state index in [1.165, 1.54) is 30.2 Å². The maximum absolute atomic E-state index is 3.82. The molecule has 0 aromatic carbocycles. The Morgan fingerprint density at radius 3 is 2.71 bits per heavy atom. The second-order valence-corrected chi connectivity index (χ2v) is 7.73. The molecule has 82 valence electrons. The molecule has 1 spiro atoms. The van der Waals surface area contributed by atoms with Crippen LogP contribution in [-0.2, 0) is 0 Å². The van der Waals surface area contributed by atoms with E-state index >= 15 is 0 Å². The van der Waals surface area contributed by atoms with Crippen LogP contribution in [0.15, 0.2) is 0 Å². The van der Waals surface area contributed by atoms with Gasteiger partial charge in [-0.1, -0.05) is 20.8 Å². The molecule has 14 heavy (non-hydrogen) atoms. The van der Waals surface area contributed by atoms with Gasteiger partial charge in [-0.15, -0.1) is 11.8 Å². The summed E-state index contributed by atoms with van der Waals surface area (Å²) in [6.45, 7) is 8.41. The monoisotopic (exact) mass is 231 g/mol. The van der Waals surface area contributed by atoms with Crippen molar-refractivity contribution in [3.8, 4) is 0 Å². The van der Waals surface area contributed by atoms with Crippen molar-refractivity contribution in [2.45, 2.75) is 32.1 Å². The number of nitrogens with one attached hydrogen (secondary N) is 1. The first-order chi connectivity index (χ1) is 6.56. The third kappa shape index (κ3) is 1.83. The van der Waals surface area contributed by atoms with E-state index < -0.39 is 0 Å². The summed E-state index contributed by atoms with van der Waals surface area (Å²) in [7, 11) is 0. The second-order valence-electron chi connectivity index (χ2n) is 5.31. The summed E-state index contributed by atoms with van der Waals surface area (Å²) in [4.78, 5) is 0.364. The van der Waals surface area contributed by atoms with Crippen molar-refractivity contribution in [3.63, 3.8) is 0 Å². The lowest BCUT2D eigenvalue weighted by Crippen LogP contribution is -2.61. The molecule has 2 aliphatic heterocycles. The SMILES string of the molecule is CC1CNC2(CSCCC2(C)C)SC1. The number of thioether (sulfide) groups is 2. The third-order valence-corrected chi connectivity index (χ3v) is 7.00. The Hall–Kier alpha value is 0.660. The first-order valence-corrected chi connectivity index (χ1v) is 7.66. The molecule has 0 aromatic rings. The molecule has 2 rings (SSSR count). The fourth-order valence-corrected chi connectivity index (χ4v) is 5.73. The van der Waals surface area contributed by atoms with Crippen molar-refractivity contribution >= 4 is 23.5 Å². The summed E-state index contributed by atoms with van der Waals surface area (Å²) in [5.74, 6) is 4.80. The van der Waals surface area contributed by atoms with E-state index in [1.807, 2.05) is 0 Å². The highest BCUT2D eigenvalue weighted by Crippen LogP contribution is 2.50. The van der Waals surface area contributed by atoms with Crippen molar-refractivity contribution in [2.24, 2.45) is 11.3 Å². The molecule has 0 radical (unpaired) electrons. The molecular weight excluding hydrogens is 210 g/mol. The molecule has 2 fully saturated rings. The fraction of sp³-hybridized carbons (Fsp3) is 1.00. The van der Waals surface area contributed by atoms with Gasteiger partial charge in [-0.25, -0.2) is 0 Å². The second kappa shape index (κ2) is 3.91. The molecule has 0 amide bonds. The van der Waals surface area contributed by atoms with E-state index in [-0.39, 0.29) is 0 Å². The fourth-order valence-electron chi connectivity index (χ4n) is 2.20. The van der Waals surface area contributed by atoms with E-state index in [0.717, 1.165) is 5.92 Å². The Bertz CT molecular complexity index is 207. The minimum Gasteiger partial charge on any atom is -0.301 e. The normalized spacial score (nSPS) is 42.6. The molecule has 2 saturated heterocycles. The van der Waals surface area contributed by atoms with Crippen LogP contribution in [0, 0.1) is 11.3 Å². The Morgan fingerprint density at radius 1 is 1.36 bits per heavy atom. The summed E-state index contributed by atoms with van der Waals surface area (Å²) in [5, 5.41) is 3.82. The van der Waals surface area contributed by atoms with Crippen molar-refractivity contribution in [1.82, 2.24) is 5.32 Å². The smallest absolute Gasteiger partial charge is 0.0788 e. The van der Waals surface area contributed by atoms with Gasteiger partial charge in [-0.05, 0) is 35.8 Å². The summed E-state index contributed by atoms with van der Waals surface area (Å²) in [6, 6.07) is 0. The van der Waals surface area contributed by atoms with Crippen molar-refractivity contribution in [3.05, 3.63) is 0 Å². The van der Waals surface area contributed by atoms with Gasteiger partial charge in [0.05, 0.1) is 4.87 Å². The predicted octanol–water partition coefficient (Wildman–Crippen LogP) is 2.82. The first kappa shape index (κ1) is 11.2. The largest absolute Gasteiger partial charge is 0.301 e. The Balaban J connectivity index is 2.12. The van der Waals surface area contributed by atoms with Crippen LogP contribution in [0.25, 0.3) is 0 Å². The lowest BCUT2D eigenvalue weighted by Gasteiger charge is -2.53. The highest BCUT2D eigenvalue weighted by molar-refractivity contribution is 8.04. The third-order valence-electron chi connectivity index (χ3n) is 3.62. The highest BCUT2D eigenvalue weighted by atomic mass is 32.2. The van der Waals surface area contributed by atoms with Gasteiger partial charge in [0.1, 0.15) is 0 Å². The zero-order valence-corrected chi connectivity index (χ0v) is 11.1. The van der Waals surface area contributed by atoms with Crippen molar-refractivity contribution in [2.75, 3.05) is 23.8 Å². The Kier molecular flexibility index (Phi) is 3.12. The average molecular weight is 231 g/mol. The van der Waals surface area contributed by atoms with E-state index in [9.17, 15) is 0 Å². The van der Waals surface area contributed by atoms with Gasteiger partial charge in [-0.3, -0.25) is 0 Å². The predicted molar refractivity (Wildman–Crippen MR) is 68.1 cm³/mol. The minimum absolute atomic E-state index is 0.364. The van der Waals surface area contributed by atoms with Gasteiger partial charge in [0.15, 0.2) is 0 Å². The molecule has 0 aromatic heterocycles. The zero-order chi connectivity index (χ0) is 10.2. The average Bonchev–Trinajstić information content (AvgIpc) is 2.14. The summed E-state index contributed by atoms with van der Waals surface area (Å²) >= 11 is 4.29. The van der Waals surface area contributed by atoms with Crippen LogP contribution in [0.2, 0.25) is 0 Å². The summed E-state index contributed by atoms with van der Waals surface area (Å²) in [5.41, 5.74) is 0.461. The van der Waals surface area contributed by atoms with Crippen LogP contribution in [-0.4, -0.2) is 28.7 Å². The van der Waals surface area contributed by atoms with Gasteiger partial charge in [-0.2, -0.15) is 11.8 Å². The number of hydrogen-bond acceptors (Lipinski definition) is 3. The zero-order valence-electron chi connectivity index (χ0n) is 9.43. The van der Waals surface area contributed by atoms with Gasteiger partial charge >= 0.3 is 0 Å². The molecular formula is C11H21NS2. The van der Waals surface area contributed by atoms with Gasteiger partial charge in [0, 0.05) is 5.75 Å². The Morgan fingerprint density at radius 2 is 2.14 bits per heavy atom. The van der Waals surface area contributed by atoms with E-state index in [1.54, 1.807) is 0 Å². The molecule has 0 aliphatic carbocycles. The standard InChI is InChI=1S/C11H21NS2/c1-9-6-12-11(14-7-9)8-13-5-4-10(11,2)3/h9,12H,4-8H2,1-3H3. The van der Waals surface area contributed by atoms with Crippen molar-refractivity contribution in [1.29, 1.82) is 0 Å². The van der Waals surface area contributed by atoms with Crippen LogP contribution in [0.3, 0.4) is 0 Å². The quantitative estimate of drug-likeness (QED) is 0.688. The van der Waals surface area contributed by atoms with Crippen LogP contribution < -0.4 is 5.32 Å². The molecule has 3 heteroatoms. The van der Waals surface area contributed by atoms with Gasteiger partial charge < -0.3 is 5.32 Å². The van der Waals surface area contributed by atoms with E-state index in [4.69, 9.17) is 0 Å². The highest BCUT2D eigenvalue weighted by Gasteiger charge is 2.48. The van der Waals surface area contributed by atoms with Crippen molar-refractivity contribution < 1.29 is 0 Å². The van der Waals surface area contributed by atoms with E-state index in [2.05, 4.69) is 49.6 Å². The molecule has 2 aliphatic rings. The topological polar surface area (TPSA) is 12.0 Å². The van der Waals surface area contributed by atoms with Crippen LogP contribution in [0.1, 0.15) is 27.2 Å². The lowest BCUT2D eigenvalue weighted by atomic mass is 9.81. The van der Waals surface area contributed by atoms with Gasteiger partial charge in [0.25, 0.3) is 0 Å². The number of rotatable bonds is 0. The van der Waals surface area contributed by atoms with Gasteiger partial charge in [0.2, 0.25) is 0 Å². The van der Waals surface area contributed by atoms with Crippen LogP contribution in [0.4, 0.5) is 0 Å². The maximum Gasteiger partial charge on any atom is 0.0788 e. The first-order valence-electron chi connectivity index (χ1n) is 5.52. The molecule has 1 N–H and O–H groups in total. The molecule has 0 saturated carbocycles. The lowest BCUT2D eigenvalue weighted by molar-refractivity contribution is 0.204. The molecule has 1 nitrogen and oxygen atoms in total. The summed E-state index contributed by atoms with van der Waals surface area (Å²) in [6.07, 6.45) is 1.35. The molecule has 2 atom stereocenters. The molecule has 2 heterocycles. The summed E-state index contributed by atoms with van der Waals surface area (Å²) < 4.78 is 0. The van der Waals surface area contributed by atoms with Crippen LogP contribution >= 0.6 is 23.5 Å². The van der Waals surface area contributed by atoms with E-state index in [0.29, 0.717) is 10.3 Å². The number of hydrogen-bond donors (Lipinski definition) is 1. The molecule has 0 bridgehead atoms. The molecule has 2 unspecified atom stereocenters.